The fraction of sp³-hybridized carbons (Fsp3) is 0.500. The van der Waals surface area contributed by atoms with Crippen LogP contribution in [-0.4, -0.2) is 20.3 Å². The third kappa shape index (κ3) is 4.22. The minimum absolute atomic E-state index is 0.207. The molecule has 0 unspecified atom stereocenters. The van der Waals surface area contributed by atoms with Crippen LogP contribution in [0.5, 0.6) is 0 Å². The zero-order valence-corrected chi connectivity index (χ0v) is 12.2. The van der Waals surface area contributed by atoms with Gasteiger partial charge >= 0.3 is 0 Å². The van der Waals surface area contributed by atoms with Crippen LogP contribution in [0.4, 0.5) is 17.6 Å². The van der Waals surface area contributed by atoms with Gasteiger partial charge < -0.3 is 5.32 Å². The first-order valence-electron chi connectivity index (χ1n) is 7.02. The SMILES string of the molecule is BCCCCCCNC(=O)c1c(F)c(F)c(C)c(F)c1F. The Morgan fingerprint density at radius 2 is 1.48 bits per heavy atom. The van der Waals surface area contributed by atoms with Crippen molar-refractivity contribution in [2.75, 3.05) is 6.54 Å². The number of hydrogen-bond donors (Lipinski definition) is 1. The molecule has 2 nitrogen and oxygen atoms in total. The number of halogens is 4. The molecule has 0 aliphatic carbocycles. The molecular formula is C14H18BF4NO. The molecule has 7 heteroatoms. The van der Waals surface area contributed by atoms with Gasteiger partial charge in [0.25, 0.3) is 5.91 Å². The maximum Gasteiger partial charge on any atom is 0.257 e. The summed E-state index contributed by atoms with van der Waals surface area (Å²) in [5.74, 6) is -7.54. The third-order valence-corrected chi connectivity index (χ3v) is 3.28. The van der Waals surface area contributed by atoms with Crippen LogP contribution >= 0.6 is 0 Å². The molecule has 21 heavy (non-hydrogen) atoms. The van der Waals surface area contributed by atoms with Crippen molar-refractivity contribution in [3.8, 4) is 0 Å². The van der Waals surface area contributed by atoms with Gasteiger partial charge in [-0.1, -0.05) is 25.6 Å². The highest BCUT2D eigenvalue weighted by molar-refractivity contribution is 6.08. The van der Waals surface area contributed by atoms with Gasteiger partial charge in [-0.25, -0.2) is 17.6 Å². The van der Waals surface area contributed by atoms with E-state index in [0.717, 1.165) is 32.5 Å². The van der Waals surface area contributed by atoms with Crippen LogP contribution in [0.1, 0.15) is 41.6 Å². The topological polar surface area (TPSA) is 29.1 Å². The summed E-state index contributed by atoms with van der Waals surface area (Å²) in [6, 6.07) is 0. The summed E-state index contributed by atoms with van der Waals surface area (Å²) >= 11 is 0. The van der Waals surface area contributed by atoms with Gasteiger partial charge in [0.1, 0.15) is 13.4 Å². The Labute approximate surface area is 122 Å². The Morgan fingerprint density at radius 1 is 0.952 bits per heavy atom. The van der Waals surface area contributed by atoms with Crippen molar-refractivity contribution in [2.45, 2.75) is 38.9 Å². The first-order chi connectivity index (χ1) is 9.91. The molecule has 0 fully saturated rings. The van der Waals surface area contributed by atoms with Gasteiger partial charge in [-0.05, 0) is 13.3 Å². The highest BCUT2D eigenvalue weighted by atomic mass is 19.2. The molecule has 1 aromatic rings. The fourth-order valence-corrected chi connectivity index (χ4v) is 1.96. The Hall–Kier alpha value is -1.53. The number of carbonyl (C=O) groups excluding carboxylic acids is 1. The lowest BCUT2D eigenvalue weighted by Gasteiger charge is -2.10. The Kier molecular flexibility index (Phi) is 6.72. The number of nitrogens with one attached hydrogen (secondary N) is 1. The highest BCUT2D eigenvalue weighted by Gasteiger charge is 2.27. The minimum atomic E-state index is -1.66. The van der Waals surface area contributed by atoms with Crippen molar-refractivity contribution in [3.63, 3.8) is 0 Å². The van der Waals surface area contributed by atoms with Crippen molar-refractivity contribution >= 4 is 13.8 Å². The molecule has 0 spiro atoms. The zero-order valence-electron chi connectivity index (χ0n) is 12.2. The smallest absolute Gasteiger partial charge is 0.257 e. The first-order valence-corrected chi connectivity index (χ1v) is 7.02. The third-order valence-electron chi connectivity index (χ3n) is 3.28. The fourth-order valence-electron chi connectivity index (χ4n) is 1.96. The number of hydrogen-bond acceptors (Lipinski definition) is 1. The van der Waals surface area contributed by atoms with Gasteiger partial charge in [-0.3, -0.25) is 4.79 Å². The molecule has 0 atom stereocenters. The average Bonchev–Trinajstić information content (AvgIpc) is 2.47. The number of amides is 1. The van der Waals surface area contributed by atoms with Crippen molar-refractivity contribution < 1.29 is 22.4 Å². The molecule has 0 radical (unpaired) electrons. The molecule has 0 aliphatic rings. The minimum Gasteiger partial charge on any atom is -0.352 e. The summed E-state index contributed by atoms with van der Waals surface area (Å²) in [6.45, 7) is 1.12. The van der Waals surface area contributed by atoms with Crippen LogP contribution in [-0.2, 0) is 0 Å². The summed E-state index contributed by atoms with van der Waals surface area (Å²) in [6.07, 6.45) is 4.67. The van der Waals surface area contributed by atoms with E-state index in [1.165, 1.54) is 0 Å². The summed E-state index contributed by atoms with van der Waals surface area (Å²) in [5, 5.41) is 2.28. The van der Waals surface area contributed by atoms with Gasteiger partial charge in [0.15, 0.2) is 23.3 Å². The van der Waals surface area contributed by atoms with E-state index in [1.807, 2.05) is 0 Å². The molecular weight excluding hydrogens is 285 g/mol. The van der Waals surface area contributed by atoms with Crippen LogP contribution in [0, 0.1) is 30.2 Å². The van der Waals surface area contributed by atoms with Crippen LogP contribution in [0.3, 0.4) is 0 Å². The van der Waals surface area contributed by atoms with E-state index in [9.17, 15) is 22.4 Å². The average molecular weight is 303 g/mol. The molecule has 0 heterocycles. The number of rotatable bonds is 7. The monoisotopic (exact) mass is 303 g/mol. The van der Waals surface area contributed by atoms with Gasteiger partial charge in [0.05, 0.1) is 0 Å². The lowest BCUT2D eigenvalue weighted by Crippen LogP contribution is -2.27. The zero-order chi connectivity index (χ0) is 16.0. The second kappa shape index (κ2) is 8.05. The predicted octanol–water partition coefficient (Wildman–Crippen LogP) is 2.89. The molecule has 0 aromatic heterocycles. The Bertz CT molecular complexity index is 493. The van der Waals surface area contributed by atoms with E-state index in [2.05, 4.69) is 13.2 Å². The molecule has 0 saturated heterocycles. The molecule has 1 aromatic carbocycles. The molecule has 1 amide bonds. The second-order valence-electron chi connectivity index (χ2n) is 4.93. The Balaban J connectivity index is 2.71. The Morgan fingerprint density at radius 3 is 2.00 bits per heavy atom. The first kappa shape index (κ1) is 17.5. The lowest BCUT2D eigenvalue weighted by molar-refractivity contribution is 0.0942. The summed E-state index contributed by atoms with van der Waals surface area (Å²) in [4.78, 5) is 11.7. The van der Waals surface area contributed by atoms with Crippen molar-refractivity contribution in [1.29, 1.82) is 0 Å². The van der Waals surface area contributed by atoms with E-state index in [0.29, 0.717) is 6.42 Å². The van der Waals surface area contributed by atoms with Crippen molar-refractivity contribution in [2.24, 2.45) is 0 Å². The second-order valence-corrected chi connectivity index (χ2v) is 4.93. The van der Waals surface area contributed by atoms with Gasteiger partial charge in [0.2, 0.25) is 0 Å². The van der Waals surface area contributed by atoms with E-state index in [4.69, 9.17) is 0 Å². The van der Waals surface area contributed by atoms with Gasteiger partial charge in [0, 0.05) is 12.1 Å². The molecule has 1 N–H and O–H groups in total. The van der Waals surface area contributed by atoms with Crippen molar-refractivity contribution in [3.05, 3.63) is 34.4 Å². The predicted molar refractivity (Wildman–Crippen MR) is 75.2 cm³/mol. The maximum absolute atomic E-state index is 13.6. The standard InChI is InChI=1S/C14H18BF4NO/c1-8-10(16)12(18)9(13(19)11(8)17)14(21)20-7-5-3-2-4-6-15/h2-7,15H2,1H3,(H,20,21). The van der Waals surface area contributed by atoms with Crippen molar-refractivity contribution in [1.82, 2.24) is 5.32 Å². The summed E-state index contributed by atoms with van der Waals surface area (Å²) in [5.41, 5.74) is -1.98. The van der Waals surface area contributed by atoms with Gasteiger partial charge in [-0.2, -0.15) is 0 Å². The molecule has 0 saturated carbocycles. The number of benzene rings is 1. The summed E-state index contributed by atoms with van der Waals surface area (Å²) < 4.78 is 53.9. The molecule has 0 bridgehead atoms. The normalized spacial score (nSPS) is 10.7. The van der Waals surface area contributed by atoms with Gasteiger partial charge in [-0.15, -0.1) is 0 Å². The summed E-state index contributed by atoms with van der Waals surface area (Å²) in [7, 11) is 2.06. The quantitative estimate of drug-likeness (QED) is 0.357. The van der Waals surface area contributed by atoms with Crippen LogP contribution in [0.2, 0.25) is 6.32 Å². The highest BCUT2D eigenvalue weighted by Crippen LogP contribution is 2.23. The molecule has 116 valence electrons. The van der Waals surface area contributed by atoms with Crippen LogP contribution < -0.4 is 5.32 Å². The van der Waals surface area contributed by atoms with E-state index < -0.39 is 40.3 Å². The van der Waals surface area contributed by atoms with E-state index in [1.54, 1.807) is 0 Å². The van der Waals surface area contributed by atoms with E-state index in [-0.39, 0.29) is 6.54 Å². The number of carbonyl (C=O) groups is 1. The largest absolute Gasteiger partial charge is 0.352 e. The maximum atomic E-state index is 13.6. The molecule has 1 rings (SSSR count). The van der Waals surface area contributed by atoms with Crippen LogP contribution in [0.15, 0.2) is 0 Å². The van der Waals surface area contributed by atoms with Crippen LogP contribution in [0.25, 0.3) is 0 Å². The van der Waals surface area contributed by atoms with E-state index >= 15 is 0 Å². The lowest BCUT2D eigenvalue weighted by atomic mass is 9.99. The number of unbranched alkanes of at least 4 members (excludes halogenated alkanes) is 3. The molecule has 0 aliphatic heterocycles.